The molecule has 0 unspecified atom stereocenters. The van der Waals surface area contributed by atoms with Crippen LogP contribution >= 0.6 is 48.9 Å². The molecular weight excluding hydrogens is 553 g/mol. The molecular formula is C28H46N4O2S4. The second-order valence-electron chi connectivity index (χ2n) is 12.1. The standard InChI is InChI=1S/C28H46N4O2S4/c1-7-29-19-23(37)31(25(29)33)17-15-27(3,4)13-11-21(35)9-10-22(36)12-14-28(5,6)16-18-32-24(38)20-30(8-2)26(32)34/h7-20H2,1-6H3. The van der Waals surface area contributed by atoms with Crippen molar-refractivity contribution in [2.24, 2.45) is 10.8 Å². The van der Waals surface area contributed by atoms with Gasteiger partial charge in [-0.25, -0.2) is 9.59 Å². The molecule has 0 aromatic carbocycles. The van der Waals surface area contributed by atoms with Crippen molar-refractivity contribution in [1.82, 2.24) is 19.6 Å². The van der Waals surface area contributed by atoms with Gasteiger partial charge < -0.3 is 9.80 Å². The van der Waals surface area contributed by atoms with Crippen LogP contribution in [0.15, 0.2) is 0 Å². The highest BCUT2D eigenvalue weighted by molar-refractivity contribution is 7.81. The summed E-state index contributed by atoms with van der Waals surface area (Å²) in [5.41, 5.74) is 0.161. The first kappa shape index (κ1) is 33.1. The zero-order valence-electron chi connectivity index (χ0n) is 24.1. The molecule has 2 aliphatic heterocycles. The van der Waals surface area contributed by atoms with Crippen molar-refractivity contribution in [1.29, 1.82) is 0 Å². The third-order valence-electron chi connectivity index (χ3n) is 7.89. The Bertz CT molecular complexity index is 860. The van der Waals surface area contributed by atoms with Crippen molar-refractivity contribution < 1.29 is 9.59 Å². The minimum atomic E-state index is 0.0386. The summed E-state index contributed by atoms with van der Waals surface area (Å²) in [4.78, 5) is 35.6. The number of carbonyl (C=O) groups excluding carboxylic acids is 2. The van der Waals surface area contributed by atoms with Gasteiger partial charge in [0.05, 0.1) is 13.1 Å². The fourth-order valence-electron chi connectivity index (χ4n) is 4.69. The summed E-state index contributed by atoms with van der Waals surface area (Å²) in [5.74, 6) is 0. The first-order chi connectivity index (χ1) is 17.7. The van der Waals surface area contributed by atoms with Crippen LogP contribution in [0, 0.1) is 10.8 Å². The molecule has 38 heavy (non-hydrogen) atoms. The van der Waals surface area contributed by atoms with Crippen LogP contribution in [0.3, 0.4) is 0 Å². The molecule has 214 valence electrons. The normalized spacial score (nSPS) is 16.9. The van der Waals surface area contributed by atoms with Gasteiger partial charge >= 0.3 is 12.1 Å². The molecule has 2 saturated heterocycles. The number of rotatable bonds is 17. The van der Waals surface area contributed by atoms with Crippen LogP contribution in [0.2, 0.25) is 0 Å². The van der Waals surface area contributed by atoms with Crippen molar-refractivity contribution in [3.63, 3.8) is 0 Å². The van der Waals surface area contributed by atoms with Crippen LogP contribution in [-0.4, -0.2) is 90.6 Å². The Hall–Kier alpha value is -1.10. The second kappa shape index (κ2) is 14.5. The molecule has 2 rings (SSSR count). The van der Waals surface area contributed by atoms with E-state index in [0.717, 1.165) is 71.1 Å². The lowest BCUT2D eigenvalue weighted by molar-refractivity contribution is 0.191. The lowest BCUT2D eigenvalue weighted by Crippen LogP contribution is -2.35. The minimum absolute atomic E-state index is 0.0386. The summed E-state index contributed by atoms with van der Waals surface area (Å²) in [7, 11) is 0. The largest absolute Gasteiger partial charge is 0.325 e. The Morgan fingerprint density at radius 1 is 0.658 bits per heavy atom. The van der Waals surface area contributed by atoms with Gasteiger partial charge in [0.25, 0.3) is 0 Å². The fraction of sp³-hybridized carbons (Fsp3) is 0.786. The lowest BCUT2D eigenvalue weighted by Gasteiger charge is -2.28. The van der Waals surface area contributed by atoms with Crippen LogP contribution in [-0.2, 0) is 0 Å². The average Bonchev–Trinajstić information content (AvgIpc) is 3.30. The molecule has 6 nitrogen and oxygen atoms in total. The molecule has 0 aromatic heterocycles. The number of nitrogens with zero attached hydrogens (tertiary/aromatic N) is 4. The predicted octanol–water partition coefficient (Wildman–Crippen LogP) is 7.07. The third-order valence-corrected chi connectivity index (χ3v) is 9.40. The SMILES string of the molecule is CCN1CC(=S)N(CCC(C)(C)CCC(=S)CCC(=S)CCC(C)(C)CCN2C(=O)N(CC)CC2=S)C1=O. The molecule has 0 atom stereocenters. The van der Waals surface area contributed by atoms with Crippen molar-refractivity contribution in [2.45, 2.75) is 92.9 Å². The van der Waals surface area contributed by atoms with E-state index in [0.29, 0.717) is 39.3 Å². The molecule has 0 radical (unpaired) electrons. The number of hydrogen-bond acceptors (Lipinski definition) is 6. The van der Waals surface area contributed by atoms with Gasteiger partial charge in [-0.3, -0.25) is 9.80 Å². The number of likely N-dealkylation sites (N-methyl/N-ethyl adjacent to an activating group) is 2. The number of carbonyl (C=O) groups is 2. The zero-order chi connectivity index (χ0) is 28.7. The maximum Gasteiger partial charge on any atom is 0.325 e. The molecule has 2 fully saturated rings. The van der Waals surface area contributed by atoms with Crippen molar-refractivity contribution in [3.8, 4) is 0 Å². The number of hydrogen-bond donors (Lipinski definition) is 0. The van der Waals surface area contributed by atoms with E-state index in [4.69, 9.17) is 48.9 Å². The van der Waals surface area contributed by atoms with Gasteiger partial charge in [-0.1, -0.05) is 76.6 Å². The van der Waals surface area contributed by atoms with Gasteiger partial charge in [0.1, 0.15) is 9.98 Å². The Balaban J connectivity index is 1.66. The molecule has 0 aliphatic carbocycles. The van der Waals surface area contributed by atoms with Crippen molar-refractivity contribution >= 4 is 80.6 Å². The summed E-state index contributed by atoms with van der Waals surface area (Å²) in [5, 5.41) is 0. The highest BCUT2D eigenvalue weighted by atomic mass is 32.1. The summed E-state index contributed by atoms with van der Waals surface area (Å²) < 4.78 is 0. The van der Waals surface area contributed by atoms with Crippen LogP contribution < -0.4 is 0 Å². The fourth-order valence-corrected chi connectivity index (χ4v) is 5.74. The van der Waals surface area contributed by atoms with Gasteiger partial charge in [-0.15, -0.1) is 0 Å². The first-order valence-corrected chi connectivity index (χ1v) is 15.5. The molecule has 0 spiro atoms. The van der Waals surface area contributed by atoms with E-state index in [2.05, 4.69) is 27.7 Å². The summed E-state index contributed by atoms with van der Waals surface area (Å²) in [6.07, 6.45) is 7.29. The zero-order valence-corrected chi connectivity index (χ0v) is 27.4. The highest BCUT2D eigenvalue weighted by Crippen LogP contribution is 2.30. The van der Waals surface area contributed by atoms with E-state index in [1.807, 2.05) is 13.8 Å². The maximum atomic E-state index is 12.4. The van der Waals surface area contributed by atoms with Gasteiger partial charge in [0, 0.05) is 26.2 Å². The molecule has 0 aromatic rings. The molecule has 4 amide bonds. The Labute approximate surface area is 251 Å². The molecule has 0 saturated carbocycles. The van der Waals surface area contributed by atoms with E-state index >= 15 is 0 Å². The lowest BCUT2D eigenvalue weighted by atomic mass is 9.82. The number of urea groups is 2. The van der Waals surface area contributed by atoms with Crippen LogP contribution in [0.25, 0.3) is 0 Å². The Morgan fingerprint density at radius 2 is 1.00 bits per heavy atom. The predicted molar refractivity (Wildman–Crippen MR) is 174 cm³/mol. The second-order valence-corrected chi connectivity index (χ2v) is 14.2. The van der Waals surface area contributed by atoms with E-state index in [-0.39, 0.29) is 22.9 Å². The molecule has 2 heterocycles. The van der Waals surface area contributed by atoms with Crippen molar-refractivity contribution in [2.75, 3.05) is 39.3 Å². The van der Waals surface area contributed by atoms with Crippen molar-refractivity contribution in [3.05, 3.63) is 0 Å². The van der Waals surface area contributed by atoms with Gasteiger partial charge in [-0.2, -0.15) is 0 Å². The van der Waals surface area contributed by atoms with Crippen LogP contribution in [0.5, 0.6) is 0 Å². The van der Waals surface area contributed by atoms with Gasteiger partial charge in [0.2, 0.25) is 0 Å². The van der Waals surface area contributed by atoms with Crippen LogP contribution in [0.4, 0.5) is 9.59 Å². The topological polar surface area (TPSA) is 47.1 Å². The number of amides is 4. The van der Waals surface area contributed by atoms with Gasteiger partial charge in [0.15, 0.2) is 0 Å². The maximum absolute atomic E-state index is 12.4. The van der Waals surface area contributed by atoms with Crippen LogP contribution in [0.1, 0.15) is 92.9 Å². The van der Waals surface area contributed by atoms with E-state index in [1.54, 1.807) is 19.6 Å². The number of thiocarbonyl (C=S) groups is 4. The molecule has 0 N–H and O–H groups in total. The molecule has 2 aliphatic rings. The highest BCUT2D eigenvalue weighted by Gasteiger charge is 2.34. The molecule has 10 heteroatoms. The molecule has 0 bridgehead atoms. The third kappa shape index (κ3) is 9.82. The summed E-state index contributed by atoms with van der Waals surface area (Å²) in [6.45, 7) is 16.8. The average molecular weight is 599 g/mol. The quantitative estimate of drug-likeness (QED) is 0.167. The Morgan fingerprint density at radius 3 is 1.29 bits per heavy atom. The van der Waals surface area contributed by atoms with E-state index in [1.165, 1.54) is 0 Å². The minimum Gasteiger partial charge on any atom is -0.318 e. The Kier molecular flexibility index (Phi) is 12.6. The van der Waals surface area contributed by atoms with E-state index < -0.39 is 0 Å². The van der Waals surface area contributed by atoms with E-state index in [9.17, 15) is 9.59 Å². The van der Waals surface area contributed by atoms with Gasteiger partial charge in [-0.05, 0) is 85.8 Å². The monoisotopic (exact) mass is 598 g/mol. The first-order valence-electron chi connectivity index (χ1n) is 13.9. The smallest absolute Gasteiger partial charge is 0.318 e. The summed E-state index contributed by atoms with van der Waals surface area (Å²) in [6, 6.07) is 0.0771. The summed E-state index contributed by atoms with van der Waals surface area (Å²) >= 11 is 22.2.